The first kappa shape index (κ1) is 10.7. The Labute approximate surface area is 96.2 Å². The number of carbonyl (C=O) groups is 1. The number of halogens is 1. The standard InChI is InChI=1S/C11H9ClN2O2/c1-14-7-5-3-2-4-6(7)9(12)8(10(13)15)11(14)16/h2-5H,1H3,(H2,13,15). The fourth-order valence-electron chi connectivity index (χ4n) is 1.67. The molecule has 2 N–H and O–H groups in total. The number of aromatic nitrogens is 1. The summed E-state index contributed by atoms with van der Waals surface area (Å²) in [5.41, 5.74) is 5.17. The molecule has 1 amide bonds. The molecule has 4 nitrogen and oxygen atoms in total. The highest BCUT2D eigenvalue weighted by molar-refractivity contribution is 6.38. The molecule has 0 saturated heterocycles. The number of hydrogen-bond donors (Lipinski definition) is 1. The number of primary amides is 1. The molecule has 1 aromatic carbocycles. The zero-order valence-corrected chi connectivity index (χ0v) is 9.28. The maximum atomic E-state index is 11.8. The largest absolute Gasteiger partial charge is 0.365 e. The maximum absolute atomic E-state index is 11.8. The van der Waals surface area contributed by atoms with Gasteiger partial charge in [0.2, 0.25) is 0 Å². The first-order valence-corrected chi connectivity index (χ1v) is 4.99. The molecule has 0 fully saturated rings. The summed E-state index contributed by atoms with van der Waals surface area (Å²) in [4.78, 5) is 23.0. The van der Waals surface area contributed by atoms with Crippen LogP contribution < -0.4 is 11.3 Å². The van der Waals surface area contributed by atoms with E-state index in [1.54, 1.807) is 31.3 Å². The molecule has 0 radical (unpaired) electrons. The van der Waals surface area contributed by atoms with E-state index < -0.39 is 11.5 Å². The minimum absolute atomic E-state index is 0.117. The molecule has 0 bridgehead atoms. The summed E-state index contributed by atoms with van der Waals surface area (Å²) < 4.78 is 1.36. The van der Waals surface area contributed by atoms with Gasteiger partial charge in [-0.1, -0.05) is 29.8 Å². The van der Waals surface area contributed by atoms with E-state index in [1.165, 1.54) is 4.57 Å². The van der Waals surface area contributed by atoms with Gasteiger partial charge in [0.05, 0.1) is 10.5 Å². The van der Waals surface area contributed by atoms with Crippen LogP contribution in [0.15, 0.2) is 29.1 Å². The quantitative estimate of drug-likeness (QED) is 0.811. The minimum atomic E-state index is -0.809. The Kier molecular flexibility index (Phi) is 2.44. The Bertz CT molecular complexity index is 646. The van der Waals surface area contributed by atoms with E-state index >= 15 is 0 Å². The lowest BCUT2D eigenvalue weighted by molar-refractivity contribution is 0.0999. The van der Waals surface area contributed by atoms with Crippen molar-refractivity contribution >= 4 is 28.4 Å². The van der Waals surface area contributed by atoms with Crippen molar-refractivity contribution in [1.82, 2.24) is 4.57 Å². The van der Waals surface area contributed by atoms with Gasteiger partial charge in [-0.15, -0.1) is 0 Å². The lowest BCUT2D eigenvalue weighted by Crippen LogP contribution is -2.28. The summed E-state index contributed by atoms with van der Waals surface area (Å²) in [5.74, 6) is -0.809. The molecule has 0 unspecified atom stereocenters. The minimum Gasteiger partial charge on any atom is -0.365 e. The van der Waals surface area contributed by atoms with Crippen molar-refractivity contribution in [3.63, 3.8) is 0 Å². The number of rotatable bonds is 1. The van der Waals surface area contributed by atoms with E-state index in [9.17, 15) is 9.59 Å². The molecule has 16 heavy (non-hydrogen) atoms. The van der Waals surface area contributed by atoms with Gasteiger partial charge in [-0.25, -0.2) is 0 Å². The fraction of sp³-hybridized carbons (Fsp3) is 0.0909. The predicted octanol–water partition coefficient (Wildman–Crippen LogP) is 1.29. The first-order valence-electron chi connectivity index (χ1n) is 4.61. The number of amides is 1. The number of nitrogens with two attached hydrogens (primary N) is 1. The van der Waals surface area contributed by atoms with Gasteiger partial charge in [0.15, 0.2) is 0 Å². The molecule has 5 heteroatoms. The Balaban J connectivity index is 3.07. The van der Waals surface area contributed by atoms with E-state index in [-0.39, 0.29) is 10.6 Å². The number of nitrogens with zero attached hydrogens (tertiary/aromatic N) is 1. The number of pyridine rings is 1. The van der Waals surface area contributed by atoms with Crippen molar-refractivity contribution in [2.24, 2.45) is 12.8 Å². The van der Waals surface area contributed by atoms with Crippen LogP contribution >= 0.6 is 11.6 Å². The molecule has 1 heterocycles. The molecular formula is C11H9ClN2O2. The Morgan fingerprint density at radius 2 is 2.00 bits per heavy atom. The van der Waals surface area contributed by atoms with Crippen molar-refractivity contribution in [3.05, 3.63) is 45.2 Å². The summed E-state index contributed by atoms with van der Waals surface area (Å²) in [6.45, 7) is 0. The van der Waals surface area contributed by atoms with Crippen LogP contribution in [0.3, 0.4) is 0 Å². The third kappa shape index (κ3) is 1.39. The Morgan fingerprint density at radius 1 is 1.38 bits per heavy atom. The van der Waals surface area contributed by atoms with Gasteiger partial charge in [0, 0.05) is 12.4 Å². The number of hydrogen-bond acceptors (Lipinski definition) is 2. The van der Waals surface area contributed by atoms with Crippen LogP contribution in [0, 0.1) is 0 Å². The summed E-state index contributed by atoms with van der Waals surface area (Å²) in [6, 6.07) is 7.07. The molecular weight excluding hydrogens is 228 g/mol. The van der Waals surface area contributed by atoms with E-state index in [0.717, 1.165) is 0 Å². The highest BCUT2D eigenvalue weighted by Gasteiger charge is 2.17. The van der Waals surface area contributed by atoms with E-state index in [0.29, 0.717) is 10.9 Å². The second kappa shape index (κ2) is 3.64. The molecule has 0 aliphatic carbocycles. The van der Waals surface area contributed by atoms with Gasteiger partial charge >= 0.3 is 0 Å². The molecule has 82 valence electrons. The monoisotopic (exact) mass is 236 g/mol. The molecule has 2 aromatic rings. The van der Waals surface area contributed by atoms with Gasteiger partial charge in [-0.05, 0) is 6.07 Å². The zero-order chi connectivity index (χ0) is 11.9. The van der Waals surface area contributed by atoms with Crippen LogP contribution in [0.5, 0.6) is 0 Å². The molecule has 0 aliphatic heterocycles. The third-order valence-corrected chi connectivity index (χ3v) is 2.88. The second-order valence-corrected chi connectivity index (χ2v) is 3.81. The summed E-state index contributed by atoms with van der Waals surface area (Å²) in [7, 11) is 1.58. The van der Waals surface area contributed by atoms with Crippen molar-refractivity contribution in [1.29, 1.82) is 0 Å². The smallest absolute Gasteiger partial charge is 0.265 e. The second-order valence-electron chi connectivity index (χ2n) is 3.43. The molecule has 0 aliphatic rings. The maximum Gasteiger partial charge on any atom is 0.265 e. The number of fused-ring (bicyclic) bond motifs is 1. The van der Waals surface area contributed by atoms with E-state index in [2.05, 4.69) is 0 Å². The van der Waals surface area contributed by atoms with Crippen LogP contribution in [-0.4, -0.2) is 10.5 Å². The molecule has 0 spiro atoms. The Hall–Kier alpha value is -1.81. The van der Waals surface area contributed by atoms with Crippen LogP contribution in [0.1, 0.15) is 10.4 Å². The SMILES string of the molecule is Cn1c(=O)c(C(N)=O)c(Cl)c2ccccc21. The number of para-hydroxylation sites is 1. The summed E-state index contributed by atoms with van der Waals surface area (Å²) in [5, 5.41) is 0.756. The van der Waals surface area contributed by atoms with E-state index in [4.69, 9.17) is 17.3 Å². The van der Waals surface area contributed by atoms with Crippen LogP contribution in [0.4, 0.5) is 0 Å². The highest BCUT2D eigenvalue weighted by atomic mass is 35.5. The lowest BCUT2D eigenvalue weighted by Gasteiger charge is -2.09. The molecule has 1 aromatic heterocycles. The average molecular weight is 237 g/mol. The van der Waals surface area contributed by atoms with Crippen LogP contribution in [0.25, 0.3) is 10.9 Å². The van der Waals surface area contributed by atoms with E-state index in [1.807, 2.05) is 0 Å². The summed E-state index contributed by atoms with van der Waals surface area (Å²) >= 11 is 6.00. The van der Waals surface area contributed by atoms with Gasteiger partial charge in [-0.3, -0.25) is 9.59 Å². The number of carbonyl (C=O) groups excluding carboxylic acids is 1. The lowest BCUT2D eigenvalue weighted by atomic mass is 10.1. The van der Waals surface area contributed by atoms with Gasteiger partial charge in [0.1, 0.15) is 5.56 Å². The first-order chi connectivity index (χ1) is 7.54. The van der Waals surface area contributed by atoms with Gasteiger partial charge in [-0.2, -0.15) is 0 Å². The predicted molar refractivity (Wildman–Crippen MR) is 62.7 cm³/mol. The number of aryl methyl sites for hydroxylation is 1. The van der Waals surface area contributed by atoms with Crippen molar-refractivity contribution in [3.8, 4) is 0 Å². The zero-order valence-electron chi connectivity index (χ0n) is 8.53. The molecule has 2 rings (SSSR count). The third-order valence-electron chi connectivity index (χ3n) is 2.49. The highest BCUT2D eigenvalue weighted by Crippen LogP contribution is 2.23. The van der Waals surface area contributed by atoms with Crippen LogP contribution in [-0.2, 0) is 7.05 Å². The fourth-order valence-corrected chi connectivity index (χ4v) is 2.00. The number of benzene rings is 1. The van der Waals surface area contributed by atoms with Crippen molar-refractivity contribution in [2.45, 2.75) is 0 Å². The van der Waals surface area contributed by atoms with Crippen molar-refractivity contribution in [2.75, 3.05) is 0 Å². The molecule has 0 atom stereocenters. The normalized spacial score (nSPS) is 10.6. The molecule has 0 saturated carbocycles. The Morgan fingerprint density at radius 3 is 2.62 bits per heavy atom. The van der Waals surface area contributed by atoms with Crippen LogP contribution in [0.2, 0.25) is 5.02 Å². The van der Waals surface area contributed by atoms with Crippen molar-refractivity contribution < 1.29 is 4.79 Å². The van der Waals surface area contributed by atoms with Gasteiger partial charge in [0.25, 0.3) is 11.5 Å². The topological polar surface area (TPSA) is 65.1 Å². The average Bonchev–Trinajstić information content (AvgIpc) is 2.26. The summed E-state index contributed by atoms with van der Waals surface area (Å²) in [6.07, 6.45) is 0. The van der Waals surface area contributed by atoms with Gasteiger partial charge < -0.3 is 10.3 Å².